The Bertz CT molecular complexity index is 314. The highest BCUT2D eigenvalue weighted by atomic mass is 16.3. The maximum absolute atomic E-state index is 5.81. The van der Waals surface area contributed by atoms with Crippen LogP contribution >= 0.6 is 0 Å². The lowest BCUT2D eigenvalue weighted by Gasteiger charge is -2.16. The summed E-state index contributed by atoms with van der Waals surface area (Å²) in [7, 11) is 1.92. The average Bonchev–Trinajstić information content (AvgIpc) is 2.81. The summed E-state index contributed by atoms with van der Waals surface area (Å²) >= 11 is 0. The van der Waals surface area contributed by atoms with Crippen LogP contribution in [0.25, 0.3) is 0 Å². The Kier molecular flexibility index (Phi) is 2.43. The van der Waals surface area contributed by atoms with E-state index in [-0.39, 0.29) is 0 Å². The molecule has 0 aliphatic heterocycles. The minimum absolute atomic E-state index is 0.467. The molecule has 0 atom stereocenters. The van der Waals surface area contributed by atoms with Crippen molar-refractivity contribution in [2.24, 2.45) is 10.7 Å². The minimum Gasteiger partial charge on any atom is -0.467 e. The Morgan fingerprint density at radius 1 is 1.71 bits per heavy atom. The highest BCUT2D eigenvalue weighted by molar-refractivity contribution is 5.78. The van der Waals surface area contributed by atoms with E-state index in [0.29, 0.717) is 18.5 Å². The number of rotatable bonds is 3. The van der Waals surface area contributed by atoms with Gasteiger partial charge in [-0.25, -0.2) is 4.99 Å². The van der Waals surface area contributed by atoms with Crippen LogP contribution in [-0.4, -0.2) is 23.9 Å². The van der Waals surface area contributed by atoms with Gasteiger partial charge in [-0.1, -0.05) is 0 Å². The fourth-order valence-electron chi connectivity index (χ4n) is 1.21. The van der Waals surface area contributed by atoms with Crippen molar-refractivity contribution in [1.29, 1.82) is 0 Å². The maximum Gasteiger partial charge on any atom is 0.191 e. The van der Waals surface area contributed by atoms with E-state index in [1.54, 1.807) is 6.26 Å². The standard InChI is InChI=1S/C10H15N3O/c1-13(7-9-3-2-6-14-9)10(11)12-8-4-5-8/h2-3,6,8H,4-5,7H2,1H3,(H2,11,12). The van der Waals surface area contributed by atoms with E-state index in [1.807, 2.05) is 24.1 Å². The molecule has 2 rings (SSSR count). The lowest BCUT2D eigenvalue weighted by molar-refractivity contribution is 0.406. The lowest BCUT2D eigenvalue weighted by atomic mass is 10.4. The van der Waals surface area contributed by atoms with Crippen molar-refractivity contribution in [1.82, 2.24) is 4.90 Å². The van der Waals surface area contributed by atoms with Crippen molar-refractivity contribution >= 4 is 5.96 Å². The first-order chi connectivity index (χ1) is 6.75. The van der Waals surface area contributed by atoms with Gasteiger partial charge < -0.3 is 15.1 Å². The molecule has 1 fully saturated rings. The third-order valence-electron chi connectivity index (χ3n) is 2.23. The van der Waals surface area contributed by atoms with Crippen molar-refractivity contribution in [2.75, 3.05) is 7.05 Å². The predicted octanol–water partition coefficient (Wildman–Crippen LogP) is 1.19. The third-order valence-corrected chi connectivity index (χ3v) is 2.23. The fraction of sp³-hybridized carbons (Fsp3) is 0.500. The summed E-state index contributed by atoms with van der Waals surface area (Å²) in [5.41, 5.74) is 5.81. The number of furan rings is 1. The Hall–Kier alpha value is -1.45. The van der Waals surface area contributed by atoms with Gasteiger partial charge >= 0.3 is 0 Å². The number of hydrogen-bond donors (Lipinski definition) is 1. The molecule has 76 valence electrons. The molecule has 1 saturated carbocycles. The first kappa shape index (κ1) is 9.12. The van der Waals surface area contributed by atoms with Crippen LogP contribution in [0.1, 0.15) is 18.6 Å². The van der Waals surface area contributed by atoms with Gasteiger partial charge in [-0.15, -0.1) is 0 Å². The molecular formula is C10H15N3O. The van der Waals surface area contributed by atoms with Gasteiger partial charge in [0, 0.05) is 7.05 Å². The van der Waals surface area contributed by atoms with Gasteiger partial charge in [-0.2, -0.15) is 0 Å². The topological polar surface area (TPSA) is 54.8 Å². The van der Waals surface area contributed by atoms with Crippen molar-refractivity contribution in [2.45, 2.75) is 25.4 Å². The molecule has 0 amide bonds. The number of guanidine groups is 1. The van der Waals surface area contributed by atoms with Crippen molar-refractivity contribution < 1.29 is 4.42 Å². The summed E-state index contributed by atoms with van der Waals surface area (Å²) in [5.74, 6) is 1.50. The van der Waals surface area contributed by atoms with Crippen LogP contribution in [0, 0.1) is 0 Å². The zero-order valence-corrected chi connectivity index (χ0v) is 8.31. The Balaban J connectivity index is 1.91. The summed E-state index contributed by atoms with van der Waals surface area (Å²) in [6.07, 6.45) is 4.02. The third kappa shape index (κ3) is 2.28. The average molecular weight is 193 g/mol. The second-order valence-electron chi connectivity index (χ2n) is 3.65. The van der Waals surface area contributed by atoms with E-state index in [2.05, 4.69) is 4.99 Å². The molecule has 1 aromatic heterocycles. The molecule has 14 heavy (non-hydrogen) atoms. The Morgan fingerprint density at radius 3 is 3.07 bits per heavy atom. The molecule has 4 heteroatoms. The zero-order valence-electron chi connectivity index (χ0n) is 8.31. The van der Waals surface area contributed by atoms with E-state index in [9.17, 15) is 0 Å². The van der Waals surface area contributed by atoms with Crippen LogP contribution in [0.15, 0.2) is 27.8 Å². The van der Waals surface area contributed by atoms with E-state index >= 15 is 0 Å². The second kappa shape index (κ2) is 3.74. The van der Waals surface area contributed by atoms with E-state index in [4.69, 9.17) is 10.2 Å². The summed E-state index contributed by atoms with van der Waals surface area (Å²) in [4.78, 5) is 6.25. The minimum atomic E-state index is 0.467. The van der Waals surface area contributed by atoms with Crippen LogP contribution in [0.3, 0.4) is 0 Å². The quantitative estimate of drug-likeness (QED) is 0.579. The highest BCUT2D eigenvalue weighted by Crippen LogP contribution is 2.23. The van der Waals surface area contributed by atoms with E-state index < -0.39 is 0 Å². The molecule has 4 nitrogen and oxygen atoms in total. The molecule has 1 aliphatic carbocycles. The number of hydrogen-bond acceptors (Lipinski definition) is 2. The molecule has 0 saturated heterocycles. The summed E-state index contributed by atoms with van der Waals surface area (Å²) in [6, 6.07) is 4.27. The fourth-order valence-corrected chi connectivity index (χ4v) is 1.21. The first-order valence-corrected chi connectivity index (χ1v) is 4.82. The zero-order chi connectivity index (χ0) is 9.97. The normalized spacial score (nSPS) is 17.1. The molecule has 0 bridgehead atoms. The van der Waals surface area contributed by atoms with Gasteiger partial charge in [-0.3, -0.25) is 0 Å². The van der Waals surface area contributed by atoms with Crippen LogP contribution in [0.4, 0.5) is 0 Å². The molecule has 1 heterocycles. The largest absolute Gasteiger partial charge is 0.467 e. The van der Waals surface area contributed by atoms with Gasteiger partial charge in [0.15, 0.2) is 5.96 Å². The molecule has 1 aliphatic rings. The predicted molar refractivity (Wildman–Crippen MR) is 54.8 cm³/mol. The second-order valence-corrected chi connectivity index (χ2v) is 3.65. The highest BCUT2D eigenvalue weighted by Gasteiger charge is 2.21. The summed E-state index contributed by atoms with van der Waals surface area (Å²) in [6.45, 7) is 0.676. The van der Waals surface area contributed by atoms with Gasteiger partial charge in [0.2, 0.25) is 0 Å². The van der Waals surface area contributed by atoms with Gasteiger partial charge in [0.25, 0.3) is 0 Å². The maximum atomic E-state index is 5.81. The first-order valence-electron chi connectivity index (χ1n) is 4.82. The monoisotopic (exact) mass is 193 g/mol. The van der Waals surface area contributed by atoms with Gasteiger partial charge in [-0.05, 0) is 25.0 Å². The molecular weight excluding hydrogens is 178 g/mol. The SMILES string of the molecule is CN(Cc1ccco1)C(N)=NC1CC1. The van der Waals surface area contributed by atoms with E-state index in [1.165, 1.54) is 12.8 Å². The van der Waals surface area contributed by atoms with Crippen LogP contribution in [-0.2, 0) is 6.54 Å². The van der Waals surface area contributed by atoms with Crippen LogP contribution in [0.2, 0.25) is 0 Å². The summed E-state index contributed by atoms with van der Waals surface area (Å²) < 4.78 is 5.22. The lowest BCUT2D eigenvalue weighted by Crippen LogP contribution is -2.33. The molecule has 0 spiro atoms. The number of aliphatic imine (C=N–C) groups is 1. The van der Waals surface area contributed by atoms with E-state index in [0.717, 1.165) is 5.76 Å². The van der Waals surface area contributed by atoms with Crippen molar-refractivity contribution in [3.63, 3.8) is 0 Å². The van der Waals surface area contributed by atoms with Gasteiger partial charge in [0.05, 0.1) is 18.8 Å². The van der Waals surface area contributed by atoms with Crippen LogP contribution in [0.5, 0.6) is 0 Å². The summed E-state index contributed by atoms with van der Waals surface area (Å²) in [5, 5.41) is 0. The molecule has 2 N–H and O–H groups in total. The molecule has 0 unspecified atom stereocenters. The van der Waals surface area contributed by atoms with Gasteiger partial charge in [0.1, 0.15) is 5.76 Å². The van der Waals surface area contributed by atoms with Crippen molar-refractivity contribution in [3.8, 4) is 0 Å². The Morgan fingerprint density at radius 2 is 2.50 bits per heavy atom. The molecule has 0 radical (unpaired) electrons. The molecule has 1 aromatic rings. The molecule has 0 aromatic carbocycles. The Labute approximate surface area is 83.4 Å². The smallest absolute Gasteiger partial charge is 0.191 e. The number of nitrogens with two attached hydrogens (primary N) is 1. The van der Waals surface area contributed by atoms with Crippen LogP contribution < -0.4 is 5.73 Å². The van der Waals surface area contributed by atoms with Crippen molar-refractivity contribution in [3.05, 3.63) is 24.2 Å². The number of nitrogens with zero attached hydrogens (tertiary/aromatic N) is 2.